The molecule has 1 saturated carbocycles. The highest BCUT2D eigenvalue weighted by molar-refractivity contribution is 5.97. The SMILES string of the molecule is Cc1ccc(C(=O)CN2CCC(CNC(O)C3CC(C)CCC3C(C)O)CC2)cc1. The Balaban J connectivity index is 1.41. The third-order valence-corrected chi connectivity index (χ3v) is 7.31. The van der Waals surface area contributed by atoms with Crippen molar-refractivity contribution in [3.05, 3.63) is 35.4 Å². The van der Waals surface area contributed by atoms with Gasteiger partial charge in [0.15, 0.2) is 5.78 Å². The van der Waals surface area contributed by atoms with E-state index < -0.39 is 6.23 Å². The molecule has 1 aliphatic heterocycles. The predicted octanol–water partition coefficient (Wildman–Crippen LogP) is 3.23. The van der Waals surface area contributed by atoms with Crippen LogP contribution >= 0.6 is 0 Å². The van der Waals surface area contributed by atoms with Gasteiger partial charge in [0.05, 0.1) is 12.6 Å². The summed E-state index contributed by atoms with van der Waals surface area (Å²) in [6.45, 7) is 9.27. The summed E-state index contributed by atoms with van der Waals surface area (Å²) in [6.07, 6.45) is 4.28. The first kappa shape index (κ1) is 23.4. The van der Waals surface area contributed by atoms with E-state index in [2.05, 4.69) is 17.1 Å². The topological polar surface area (TPSA) is 72.8 Å². The van der Waals surface area contributed by atoms with Crippen molar-refractivity contribution < 1.29 is 15.0 Å². The van der Waals surface area contributed by atoms with Gasteiger partial charge < -0.3 is 10.2 Å². The second-order valence-corrected chi connectivity index (χ2v) is 9.85. The van der Waals surface area contributed by atoms with Crippen LogP contribution in [0.25, 0.3) is 0 Å². The maximum absolute atomic E-state index is 12.5. The van der Waals surface area contributed by atoms with E-state index >= 15 is 0 Å². The summed E-state index contributed by atoms with van der Waals surface area (Å²) >= 11 is 0. The zero-order chi connectivity index (χ0) is 21.7. The number of ketones is 1. The van der Waals surface area contributed by atoms with E-state index in [1.807, 2.05) is 38.1 Å². The van der Waals surface area contributed by atoms with Gasteiger partial charge in [0.25, 0.3) is 0 Å². The lowest BCUT2D eigenvalue weighted by Gasteiger charge is -2.40. The van der Waals surface area contributed by atoms with Crippen molar-refractivity contribution >= 4 is 5.78 Å². The monoisotopic (exact) mass is 416 g/mol. The van der Waals surface area contributed by atoms with Gasteiger partial charge in [0.1, 0.15) is 6.23 Å². The molecule has 3 rings (SSSR count). The van der Waals surface area contributed by atoms with Crippen LogP contribution in [0.5, 0.6) is 0 Å². The lowest BCUT2D eigenvalue weighted by molar-refractivity contribution is -0.0358. The van der Waals surface area contributed by atoms with Crippen LogP contribution in [0, 0.1) is 30.6 Å². The van der Waals surface area contributed by atoms with E-state index in [1.54, 1.807) is 0 Å². The fraction of sp³-hybridized carbons (Fsp3) is 0.720. The number of carbonyl (C=O) groups excluding carboxylic acids is 1. The Morgan fingerprint density at radius 1 is 1.10 bits per heavy atom. The molecule has 1 aromatic carbocycles. The number of piperidine rings is 1. The molecule has 5 atom stereocenters. The van der Waals surface area contributed by atoms with Crippen LogP contribution in [0.1, 0.15) is 61.9 Å². The number of likely N-dealkylation sites (tertiary alicyclic amines) is 1. The molecule has 0 spiro atoms. The molecule has 1 heterocycles. The number of hydrogen-bond donors (Lipinski definition) is 3. The molecule has 5 unspecified atom stereocenters. The van der Waals surface area contributed by atoms with Crippen LogP contribution in [0.4, 0.5) is 0 Å². The van der Waals surface area contributed by atoms with Crippen molar-refractivity contribution in [1.82, 2.24) is 10.2 Å². The molecule has 1 saturated heterocycles. The zero-order valence-electron chi connectivity index (χ0n) is 18.9. The number of benzene rings is 1. The van der Waals surface area contributed by atoms with E-state index in [-0.39, 0.29) is 23.7 Å². The third kappa shape index (κ3) is 6.36. The van der Waals surface area contributed by atoms with Gasteiger partial charge in [0.2, 0.25) is 0 Å². The summed E-state index contributed by atoms with van der Waals surface area (Å²) in [6, 6.07) is 7.82. The molecule has 5 heteroatoms. The first-order chi connectivity index (χ1) is 14.3. The Morgan fingerprint density at radius 3 is 2.40 bits per heavy atom. The Morgan fingerprint density at radius 2 is 1.77 bits per heavy atom. The van der Waals surface area contributed by atoms with Gasteiger partial charge in [-0.05, 0) is 70.4 Å². The van der Waals surface area contributed by atoms with Gasteiger partial charge in [-0.1, -0.05) is 43.2 Å². The normalized spacial score (nSPS) is 28.2. The molecule has 3 N–H and O–H groups in total. The summed E-state index contributed by atoms with van der Waals surface area (Å²) in [5.74, 6) is 1.63. The predicted molar refractivity (Wildman–Crippen MR) is 120 cm³/mol. The Hall–Kier alpha value is -1.27. The highest BCUT2D eigenvalue weighted by Crippen LogP contribution is 2.37. The van der Waals surface area contributed by atoms with Gasteiger partial charge in [-0.2, -0.15) is 0 Å². The van der Waals surface area contributed by atoms with Crippen molar-refractivity contribution in [2.24, 2.45) is 23.7 Å². The van der Waals surface area contributed by atoms with Gasteiger partial charge in [-0.25, -0.2) is 0 Å². The first-order valence-corrected chi connectivity index (χ1v) is 11.7. The van der Waals surface area contributed by atoms with E-state index in [9.17, 15) is 15.0 Å². The molecule has 0 bridgehead atoms. The number of aliphatic hydroxyl groups is 2. The van der Waals surface area contributed by atoms with E-state index in [1.165, 1.54) is 5.56 Å². The molecule has 2 aliphatic rings. The Bertz CT molecular complexity index is 667. The van der Waals surface area contributed by atoms with Crippen LogP contribution in [-0.2, 0) is 0 Å². The highest BCUT2D eigenvalue weighted by atomic mass is 16.3. The lowest BCUT2D eigenvalue weighted by atomic mass is 9.71. The first-order valence-electron chi connectivity index (χ1n) is 11.7. The number of Topliss-reactive ketones (excluding diaryl/α,β-unsaturated/α-hetero) is 1. The van der Waals surface area contributed by atoms with Crippen molar-refractivity contribution in [3.63, 3.8) is 0 Å². The number of nitrogens with zero attached hydrogens (tertiary/aromatic N) is 1. The molecule has 168 valence electrons. The molecule has 0 amide bonds. The molecule has 1 aromatic rings. The molecule has 30 heavy (non-hydrogen) atoms. The number of carbonyl (C=O) groups is 1. The maximum atomic E-state index is 12.5. The second-order valence-electron chi connectivity index (χ2n) is 9.85. The zero-order valence-corrected chi connectivity index (χ0v) is 18.9. The van der Waals surface area contributed by atoms with Crippen molar-refractivity contribution in [2.75, 3.05) is 26.2 Å². The number of aryl methyl sites for hydroxylation is 1. The van der Waals surface area contributed by atoms with Crippen molar-refractivity contribution in [2.45, 2.75) is 65.2 Å². The van der Waals surface area contributed by atoms with Gasteiger partial charge in [-0.3, -0.25) is 15.0 Å². The van der Waals surface area contributed by atoms with E-state index in [0.29, 0.717) is 18.4 Å². The fourth-order valence-corrected chi connectivity index (χ4v) is 5.23. The summed E-state index contributed by atoms with van der Waals surface area (Å²) in [7, 11) is 0. The molecule has 0 radical (unpaired) electrons. The fourth-order valence-electron chi connectivity index (χ4n) is 5.23. The summed E-state index contributed by atoms with van der Waals surface area (Å²) in [5, 5.41) is 24.3. The lowest BCUT2D eigenvalue weighted by Crippen LogP contribution is -2.47. The summed E-state index contributed by atoms with van der Waals surface area (Å²) in [4.78, 5) is 14.8. The average Bonchev–Trinajstić information content (AvgIpc) is 2.73. The number of aliphatic hydroxyl groups excluding tert-OH is 2. The minimum Gasteiger partial charge on any atom is -0.393 e. The smallest absolute Gasteiger partial charge is 0.176 e. The third-order valence-electron chi connectivity index (χ3n) is 7.31. The Labute approximate surface area is 181 Å². The standard InChI is InChI=1S/C25H40N2O3/c1-17-4-7-21(8-5-17)24(29)16-27-12-10-20(11-13-27)15-26-25(30)23-14-18(2)6-9-22(23)19(3)28/h4-5,7-8,18-20,22-23,25-26,28,30H,6,9-16H2,1-3H3. The minimum absolute atomic E-state index is 0.126. The summed E-state index contributed by atoms with van der Waals surface area (Å²) < 4.78 is 0. The molecule has 1 aliphatic carbocycles. The van der Waals surface area contributed by atoms with Crippen LogP contribution in [0.2, 0.25) is 0 Å². The molecular weight excluding hydrogens is 376 g/mol. The second kappa shape index (κ2) is 10.9. The average molecular weight is 417 g/mol. The van der Waals surface area contributed by atoms with Crippen LogP contribution in [0.3, 0.4) is 0 Å². The number of nitrogens with one attached hydrogen (secondary N) is 1. The van der Waals surface area contributed by atoms with Crippen LogP contribution in [-0.4, -0.2) is 59.4 Å². The van der Waals surface area contributed by atoms with Crippen LogP contribution < -0.4 is 5.32 Å². The van der Waals surface area contributed by atoms with Gasteiger partial charge in [0, 0.05) is 18.0 Å². The van der Waals surface area contributed by atoms with Gasteiger partial charge >= 0.3 is 0 Å². The molecule has 2 fully saturated rings. The van der Waals surface area contributed by atoms with E-state index in [4.69, 9.17) is 0 Å². The van der Waals surface area contributed by atoms with Crippen molar-refractivity contribution in [3.8, 4) is 0 Å². The number of hydrogen-bond acceptors (Lipinski definition) is 5. The quantitative estimate of drug-likeness (QED) is 0.448. The summed E-state index contributed by atoms with van der Waals surface area (Å²) in [5.41, 5.74) is 1.96. The van der Waals surface area contributed by atoms with E-state index in [0.717, 1.165) is 57.3 Å². The van der Waals surface area contributed by atoms with Gasteiger partial charge in [-0.15, -0.1) is 0 Å². The minimum atomic E-state index is -0.548. The molecular formula is C25H40N2O3. The highest BCUT2D eigenvalue weighted by Gasteiger charge is 2.36. The maximum Gasteiger partial charge on any atom is 0.176 e. The molecule has 5 nitrogen and oxygen atoms in total. The Kier molecular flexibility index (Phi) is 8.46. The largest absolute Gasteiger partial charge is 0.393 e. The van der Waals surface area contributed by atoms with Crippen LogP contribution in [0.15, 0.2) is 24.3 Å². The number of rotatable bonds is 8. The van der Waals surface area contributed by atoms with Crippen molar-refractivity contribution in [1.29, 1.82) is 0 Å². The molecule has 0 aromatic heterocycles.